The van der Waals surface area contributed by atoms with Gasteiger partial charge in [0.2, 0.25) is 6.79 Å². The van der Waals surface area contributed by atoms with Gasteiger partial charge in [0, 0.05) is 12.1 Å². The molecule has 0 atom stereocenters. The van der Waals surface area contributed by atoms with Gasteiger partial charge in [-0.2, -0.15) is 0 Å². The fourth-order valence-corrected chi connectivity index (χ4v) is 2.88. The molecular weight excluding hydrogens is 346 g/mol. The van der Waals surface area contributed by atoms with Gasteiger partial charge in [-0.1, -0.05) is 11.6 Å². The van der Waals surface area contributed by atoms with Gasteiger partial charge < -0.3 is 24.3 Å². The number of methoxy groups -OCH3 is 2. The third-order valence-corrected chi connectivity index (χ3v) is 4.18. The molecule has 0 amide bonds. The Morgan fingerprint density at radius 3 is 2.80 bits per heavy atom. The van der Waals surface area contributed by atoms with Gasteiger partial charge in [-0.05, 0) is 12.1 Å². The Labute approximate surface area is 148 Å². The summed E-state index contributed by atoms with van der Waals surface area (Å²) in [7, 11) is 3.17. The maximum Gasteiger partial charge on any atom is 0.231 e. The molecule has 0 saturated carbocycles. The number of hydrogen-bond acceptors (Lipinski definition) is 7. The number of hydrogen-bond donors (Lipinski definition) is 1. The van der Waals surface area contributed by atoms with Gasteiger partial charge >= 0.3 is 0 Å². The SMILES string of the molecule is COc1cc(OC)c2c(Nc3c(Cl)ccc4c3OCO4)ncnc2c1. The van der Waals surface area contributed by atoms with E-state index in [1.54, 1.807) is 38.5 Å². The van der Waals surface area contributed by atoms with Crippen LogP contribution in [0.4, 0.5) is 11.5 Å². The lowest BCUT2D eigenvalue weighted by Gasteiger charge is -2.14. The van der Waals surface area contributed by atoms with E-state index in [0.29, 0.717) is 50.4 Å². The fraction of sp³-hybridized carbons (Fsp3) is 0.176. The molecular formula is C17H14ClN3O4. The van der Waals surface area contributed by atoms with Crippen LogP contribution in [0.15, 0.2) is 30.6 Å². The summed E-state index contributed by atoms with van der Waals surface area (Å²) in [5.41, 5.74) is 1.25. The van der Waals surface area contributed by atoms with Crippen molar-refractivity contribution in [2.45, 2.75) is 0 Å². The van der Waals surface area contributed by atoms with Gasteiger partial charge in [0.1, 0.15) is 29.3 Å². The smallest absolute Gasteiger partial charge is 0.231 e. The van der Waals surface area contributed by atoms with Crippen LogP contribution in [0.25, 0.3) is 10.9 Å². The van der Waals surface area contributed by atoms with E-state index in [2.05, 4.69) is 15.3 Å². The molecule has 1 aliphatic heterocycles. The lowest BCUT2D eigenvalue weighted by atomic mass is 10.2. The third kappa shape index (κ3) is 2.62. The molecule has 1 aliphatic rings. The lowest BCUT2D eigenvalue weighted by molar-refractivity contribution is 0.174. The molecule has 0 spiro atoms. The summed E-state index contributed by atoms with van der Waals surface area (Å²) in [5.74, 6) is 2.93. The molecule has 2 aromatic carbocycles. The molecule has 8 heteroatoms. The van der Waals surface area contributed by atoms with E-state index in [9.17, 15) is 0 Å². The molecule has 2 heterocycles. The summed E-state index contributed by atoms with van der Waals surface area (Å²) in [6, 6.07) is 7.08. The summed E-state index contributed by atoms with van der Waals surface area (Å²) < 4.78 is 21.7. The van der Waals surface area contributed by atoms with Crippen molar-refractivity contribution in [3.63, 3.8) is 0 Å². The average molecular weight is 360 g/mol. The van der Waals surface area contributed by atoms with Crippen molar-refractivity contribution in [3.05, 3.63) is 35.6 Å². The Hall–Kier alpha value is -2.93. The molecule has 0 bridgehead atoms. The van der Waals surface area contributed by atoms with Crippen molar-refractivity contribution < 1.29 is 18.9 Å². The zero-order valence-electron chi connectivity index (χ0n) is 13.5. The standard InChI is InChI=1S/C17H14ClN3O4/c1-22-9-5-11-14(13(6-9)23-2)17(20-7-19-11)21-15-10(18)3-4-12-16(15)25-8-24-12/h3-7H,8H2,1-2H3,(H,19,20,21). The second kappa shape index (κ2) is 6.18. The highest BCUT2D eigenvalue weighted by molar-refractivity contribution is 6.34. The van der Waals surface area contributed by atoms with Crippen molar-refractivity contribution in [3.8, 4) is 23.0 Å². The quantitative estimate of drug-likeness (QED) is 0.759. The zero-order valence-corrected chi connectivity index (χ0v) is 14.3. The first-order valence-corrected chi connectivity index (χ1v) is 7.81. The lowest BCUT2D eigenvalue weighted by Crippen LogP contribution is -2.00. The largest absolute Gasteiger partial charge is 0.497 e. The second-order valence-electron chi connectivity index (χ2n) is 5.23. The number of ether oxygens (including phenoxy) is 4. The van der Waals surface area contributed by atoms with Gasteiger partial charge in [0.25, 0.3) is 0 Å². The molecule has 0 fully saturated rings. The van der Waals surface area contributed by atoms with Crippen LogP contribution in [0.2, 0.25) is 5.02 Å². The van der Waals surface area contributed by atoms with Crippen LogP contribution in [0, 0.1) is 0 Å². The molecule has 0 aliphatic carbocycles. The number of halogens is 1. The van der Waals surface area contributed by atoms with Crippen molar-refractivity contribution in [1.29, 1.82) is 0 Å². The second-order valence-corrected chi connectivity index (χ2v) is 5.63. The Bertz CT molecular complexity index is 964. The minimum Gasteiger partial charge on any atom is -0.497 e. The topological polar surface area (TPSA) is 74.7 Å². The number of nitrogens with zero attached hydrogens (tertiary/aromatic N) is 2. The first-order chi connectivity index (χ1) is 12.2. The summed E-state index contributed by atoms with van der Waals surface area (Å²) in [6.45, 7) is 0.148. The maximum absolute atomic E-state index is 6.34. The molecule has 128 valence electrons. The minimum absolute atomic E-state index is 0.148. The summed E-state index contributed by atoms with van der Waals surface area (Å²) in [5, 5.41) is 4.42. The third-order valence-electron chi connectivity index (χ3n) is 3.86. The number of anilines is 2. The van der Waals surface area contributed by atoms with E-state index in [0.717, 1.165) is 0 Å². The Kier molecular flexibility index (Phi) is 3.85. The number of nitrogens with one attached hydrogen (secondary N) is 1. The van der Waals surface area contributed by atoms with Crippen LogP contribution < -0.4 is 24.3 Å². The van der Waals surface area contributed by atoms with Crippen LogP contribution in [-0.2, 0) is 0 Å². The van der Waals surface area contributed by atoms with E-state index >= 15 is 0 Å². The molecule has 0 saturated heterocycles. The Balaban J connectivity index is 1.87. The minimum atomic E-state index is 0.148. The summed E-state index contributed by atoms with van der Waals surface area (Å²) in [4.78, 5) is 8.63. The zero-order chi connectivity index (χ0) is 17.4. The molecule has 4 rings (SSSR count). The average Bonchev–Trinajstić information content (AvgIpc) is 3.12. The van der Waals surface area contributed by atoms with E-state index in [1.807, 2.05) is 0 Å². The van der Waals surface area contributed by atoms with Crippen LogP contribution >= 0.6 is 11.6 Å². The van der Waals surface area contributed by atoms with Gasteiger partial charge in [0.15, 0.2) is 11.5 Å². The van der Waals surface area contributed by atoms with Gasteiger partial charge in [-0.15, -0.1) is 0 Å². The predicted molar refractivity (Wildman–Crippen MR) is 93.5 cm³/mol. The highest BCUT2D eigenvalue weighted by Gasteiger charge is 2.22. The van der Waals surface area contributed by atoms with Crippen molar-refractivity contribution >= 4 is 34.0 Å². The number of rotatable bonds is 4. The van der Waals surface area contributed by atoms with Gasteiger partial charge in [0.05, 0.1) is 30.1 Å². The monoisotopic (exact) mass is 359 g/mol. The van der Waals surface area contributed by atoms with E-state index in [1.165, 1.54) is 6.33 Å². The number of fused-ring (bicyclic) bond motifs is 2. The molecule has 7 nitrogen and oxygen atoms in total. The van der Waals surface area contributed by atoms with Crippen LogP contribution in [-0.4, -0.2) is 31.0 Å². The number of benzene rings is 2. The van der Waals surface area contributed by atoms with Crippen LogP contribution in [0.1, 0.15) is 0 Å². The Morgan fingerprint density at radius 1 is 1.12 bits per heavy atom. The van der Waals surface area contributed by atoms with Crippen molar-refractivity contribution in [2.75, 3.05) is 26.3 Å². The van der Waals surface area contributed by atoms with Gasteiger partial charge in [-0.3, -0.25) is 0 Å². The van der Waals surface area contributed by atoms with Crippen molar-refractivity contribution in [2.24, 2.45) is 0 Å². The maximum atomic E-state index is 6.34. The van der Waals surface area contributed by atoms with Crippen molar-refractivity contribution in [1.82, 2.24) is 9.97 Å². The number of aromatic nitrogens is 2. The van der Waals surface area contributed by atoms with Crippen LogP contribution in [0.5, 0.6) is 23.0 Å². The fourth-order valence-electron chi connectivity index (χ4n) is 2.69. The molecule has 0 radical (unpaired) electrons. The van der Waals surface area contributed by atoms with Crippen LogP contribution in [0.3, 0.4) is 0 Å². The van der Waals surface area contributed by atoms with E-state index in [-0.39, 0.29) is 6.79 Å². The molecule has 1 N–H and O–H groups in total. The predicted octanol–water partition coefficient (Wildman–Crippen LogP) is 3.77. The normalized spacial score (nSPS) is 12.3. The highest BCUT2D eigenvalue weighted by atomic mass is 35.5. The first-order valence-electron chi connectivity index (χ1n) is 7.43. The van der Waals surface area contributed by atoms with E-state index in [4.69, 9.17) is 30.5 Å². The molecule has 0 unspecified atom stereocenters. The molecule has 25 heavy (non-hydrogen) atoms. The first kappa shape index (κ1) is 15.6. The summed E-state index contributed by atoms with van der Waals surface area (Å²) >= 11 is 6.34. The Morgan fingerprint density at radius 2 is 2.00 bits per heavy atom. The summed E-state index contributed by atoms with van der Waals surface area (Å²) in [6.07, 6.45) is 1.46. The molecule has 1 aromatic heterocycles. The molecule has 3 aromatic rings. The highest BCUT2D eigenvalue weighted by Crippen LogP contribution is 2.45. The van der Waals surface area contributed by atoms with E-state index < -0.39 is 0 Å². The van der Waals surface area contributed by atoms with Gasteiger partial charge in [-0.25, -0.2) is 9.97 Å².